The highest BCUT2D eigenvalue weighted by molar-refractivity contribution is 7.22. The molecule has 0 radical (unpaired) electrons. The zero-order valence-corrected chi connectivity index (χ0v) is 17.5. The van der Waals surface area contributed by atoms with E-state index in [4.69, 9.17) is 4.74 Å². The smallest absolute Gasteiger partial charge is 0.294 e. The molecule has 0 atom stereocenters. The van der Waals surface area contributed by atoms with Gasteiger partial charge < -0.3 is 9.57 Å². The lowest BCUT2D eigenvalue weighted by atomic mass is 9.99. The molecule has 1 aromatic heterocycles. The van der Waals surface area contributed by atoms with E-state index in [1.165, 1.54) is 23.5 Å². The van der Waals surface area contributed by atoms with E-state index in [2.05, 4.69) is 4.84 Å². The van der Waals surface area contributed by atoms with Gasteiger partial charge in [-0.05, 0) is 61.6 Å². The van der Waals surface area contributed by atoms with E-state index in [0.29, 0.717) is 17.9 Å². The molecule has 0 amide bonds. The number of carbonyl (C=O) groups is 1. The molecule has 2 fully saturated rings. The monoisotopic (exact) mass is 441 g/mol. The van der Waals surface area contributed by atoms with Crippen LogP contribution in [0.5, 0.6) is 5.75 Å². The summed E-state index contributed by atoms with van der Waals surface area (Å²) in [5.41, 5.74) is 1.23. The van der Waals surface area contributed by atoms with Crippen molar-refractivity contribution in [3.63, 3.8) is 0 Å². The Morgan fingerprint density at radius 3 is 2.55 bits per heavy atom. The molecule has 160 valence electrons. The minimum atomic E-state index is -0.771. The van der Waals surface area contributed by atoms with Crippen LogP contribution >= 0.6 is 11.3 Å². The second-order valence-corrected chi connectivity index (χ2v) is 9.45. The number of Topliss-reactive ketones (excluding diaryl/α,β-unsaturated/α-hetero) is 1. The summed E-state index contributed by atoms with van der Waals surface area (Å²) in [5, 5.41) is 10.6. The van der Waals surface area contributed by atoms with Crippen LogP contribution in [0.2, 0.25) is 0 Å². The molecule has 0 N–H and O–H groups in total. The van der Waals surface area contributed by atoms with E-state index >= 15 is 0 Å². The van der Waals surface area contributed by atoms with Gasteiger partial charge in [-0.15, -0.1) is 21.5 Å². The molecule has 0 spiro atoms. The van der Waals surface area contributed by atoms with E-state index < -0.39 is 5.09 Å². The number of thiophene rings is 1. The number of ketones is 1. The van der Waals surface area contributed by atoms with Crippen molar-refractivity contribution in [1.29, 1.82) is 0 Å². The highest BCUT2D eigenvalue weighted by atomic mass is 32.1. The fourth-order valence-corrected chi connectivity index (χ4v) is 4.94. The number of rotatable bonds is 9. The molecular weight excluding hydrogens is 421 g/mol. The quantitative estimate of drug-likeness (QED) is 0.243. The molecule has 2 aromatic carbocycles. The zero-order valence-electron chi connectivity index (χ0n) is 16.6. The first-order chi connectivity index (χ1) is 14.9. The Kier molecular flexibility index (Phi) is 4.89. The maximum atomic E-state index is 13.4. The van der Waals surface area contributed by atoms with Gasteiger partial charge in [0.2, 0.25) is 0 Å². The fourth-order valence-electron chi connectivity index (χ4n) is 3.70. The summed E-state index contributed by atoms with van der Waals surface area (Å²) in [6.07, 6.45) is 3.48. The molecule has 3 aromatic rings. The van der Waals surface area contributed by atoms with Crippen molar-refractivity contribution in [2.75, 3.05) is 13.2 Å². The largest absolute Gasteiger partial charge is 0.493 e. The third-order valence-corrected chi connectivity index (χ3v) is 7.14. The number of nitrogens with zero attached hydrogens (tertiary/aromatic N) is 1. The summed E-state index contributed by atoms with van der Waals surface area (Å²) in [7, 11) is 0. The van der Waals surface area contributed by atoms with Crippen molar-refractivity contribution in [2.45, 2.75) is 25.7 Å². The van der Waals surface area contributed by atoms with Gasteiger partial charge in [0, 0.05) is 31.9 Å². The Morgan fingerprint density at radius 1 is 1.16 bits per heavy atom. The van der Waals surface area contributed by atoms with Crippen LogP contribution in [0.3, 0.4) is 0 Å². The molecule has 0 saturated heterocycles. The Hall–Kier alpha value is -3.00. The number of fused-ring (bicyclic) bond motifs is 1. The standard InChI is InChI=1S/C23H20FNO5S/c24-16-5-3-15(4-6-16)22-20(21(26)14-1-2-14)18-8-7-17(11-19(18)31-22)29-12-23(9-10-23)13-30-25(27)28/h3-8,11,14H,1-2,9-10,12-13H2. The molecule has 2 aliphatic carbocycles. The molecular formula is C23H20FNO5S. The lowest BCUT2D eigenvalue weighted by Crippen LogP contribution is -2.21. The molecule has 0 bridgehead atoms. The normalized spacial score (nSPS) is 16.8. The second-order valence-electron chi connectivity index (χ2n) is 8.40. The van der Waals surface area contributed by atoms with E-state index in [-0.39, 0.29) is 29.5 Å². The number of benzene rings is 2. The average Bonchev–Trinajstić information content (AvgIpc) is 3.68. The van der Waals surface area contributed by atoms with Crippen molar-refractivity contribution in [2.24, 2.45) is 11.3 Å². The third-order valence-electron chi connectivity index (χ3n) is 5.94. The van der Waals surface area contributed by atoms with Crippen LogP contribution in [-0.4, -0.2) is 24.1 Å². The van der Waals surface area contributed by atoms with Crippen molar-refractivity contribution in [3.8, 4) is 16.2 Å². The zero-order chi connectivity index (χ0) is 21.6. The molecule has 6 nitrogen and oxygen atoms in total. The van der Waals surface area contributed by atoms with Crippen molar-refractivity contribution in [1.82, 2.24) is 0 Å². The predicted octanol–water partition coefficient (Wildman–Crippen LogP) is 5.67. The van der Waals surface area contributed by atoms with Gasteiger partial charge in [-0.25, -0.2) is 4.39 Å². The van der Waals surface area contributed by atoms with Crippen molar-refractivity contribution < 1.29 is 23.8 Å². The average molecular weight is 441 g/mol. The topological polar surface area (TPSA) is 78.7 Å². The summed E-state index contributed by atoms with van der Waals surface area (Å²) in [6.45, 7) is 0.381. The van der Waals surface area contributed by atoms with Crippen LogP contribution in [0.15, 0.2) is 42.5 Å². The van der Waals surface area contributed by atoms with Crippen LogP contribution in [0.1, 0.15) is 36.0 Å². The van der Waals surface area contributed by atoms with Gasteiger partial charge in [-0.1, -0.05) is 12.1 Å². The fraction of sp³-hybridized carbons (Fsp3) is 0.348. The molecule has 2 saturated carbocycles. The molecule has 5 rings (SSSR count). The van der Waals surface area contributed by atoms with Crippen LogP contribution in [0, 0.1) is 27.3 Å². The highest BCUT2D eigenvalue weighted by Crippen LogP contribution is 2.47. The first kappa shape index (κ1) is 19.9. The summed E-state index contributed by atoms with van der Waals surface area (Å²) in [6, 6.07) is 11.8. The molecule has 8 heteroatoms. The Morgan fingerprint density at radius 2 is 1.90 bits per heavy atom. The second kappa shape index (κ2) is 7.60. The lowest BCUT2D eigenvalue weighted by molar-refractivity contribution is -0.760. The number of halogens is 1. The van der Waals surface area contributed by atoms with Crippen LogP contribution in [-0.2, 0) is 4.84 Å². The van der Waals surface area contributed by atoms with Crippen molar-refractivity contribution in [3.05, 3.63) is 64.0 Å². The van der Waals surface area contributed by atoms with Crippen LogP contribution < -0.4 is 4.74 Å². The Balaban J connectivity index is 1.44. The highest BCUT2D eigenvalue weighted by Gasteiger charge is 2.44. The predicted molar refractivity (Wildman–Crippen MR) is 114 cm³/mol. The minimum Gasteiger partial charge on any atom is -0.493 e. The summed E-state index contributed by atoms with van der Waals surface area (Å²) in [5.74, 6) is 0.556. The lowest BCUT2D eigenvalue weighted by Gasteiger charge is -2.15. The number of ether oxygens (including phenoxy) is 1. The van der Waals surface area contributed by atoms with E-state index in [1.54, 1.807) is 12.1 Å². The van der Waals surface area contributed by atoms with Crippen LogP contribution in [0.4, 0.5) is 4.39 Å². The molecule has 0 unspecified atom stereocenters. The molecule has 0 aliphatic heterocycles. The SMILES string of the molecule is O=C(c1c(-c2ccc(F)cc2)sc2cc(OCC3(CO[N+](=O)[O-])CC3)ccc12)C1CC1. The summed E-state index contributed by atoms with van der Waals surface area (Å²) in [4.78, 5) is 28.9. The first-order valence-electron chi connectivity index (χ1n) is 10.2. The maximum absolute atomic E-state index is 13.4. The number of hydrogen-bond acceptors (Lipinski definition) is 6. The van der Waals surface area contributed by atoms with Gasteiger partial charge in [0.15, 0.2) is 5.78 Å². The van der Waals surface area contributed by atoms with Gasteiger partial charge in [0.25, 0.3) is 5.09 Å². The van der Waals surface area contributed by atoms with Crippen LogP contribution in [0.25, 0.3) is 20.5 Å². The van der Waals surface area contributed by atoms with Gasteiger partial charge in [-0.2, -0.15) is 0 Å². The van der Waals surface area contributed by atoms with E-state index in [9.17, 15) is 19.3 Å². The summed E-state index contributed by atoms with van der Waals surface area (Å²) < 4.78 is 20.3. The molecule has 2 aliphatic rings. The Labute approximate surface area is 181 Å². The number of hydrogen-bond donors (Lipinski definition) is 0. The molecule has 31 heavy (non-hydrogen) atoms. The summed E-state index contributed by atoms with van der Waals surface area (Å²) >= 11 is 1.50. The first-order valence-corrected chi connectivity index (χ1v) is 11.0. The van der Waals surface area contributed by atoms with Gasteiger partial charge in [0.1, 0.15) is 18.2 Å². The minimum absolute atomic E-state index is 0.0377. The van der Waals surface area contributed by atoms with Gasteiger partial charge in [-0.3, -0.25) is 4.79 Å². The van der Waals surface area contributed by atoms with E-state index in [1.807, 2.05) is 18.2 Å². The third kappa shape index (κ3) is 4.12. The van der Waals surface area contributed by atoms with E-state index in [0.717, 1.165) is 46.2 Å². The molecule has 1 heterocycles. The van der Waals surface area contributed by atoms with Gasteiger partial charge in [0.05, 0.1) is 6.61 Å². The van der Waals surface area contributed by atoms with Crippen molar-refractivity contribution >= 4 is 27.2 Å². The van der Waals surface area contributed by atoms with Gasteiger partial charge >= 0.3 is 0 Å². The maximum Gasteiger partial charge on any atom is 0.294 e. The Bertz CT molecular complexity index is 1160. The number of carbonyl (C=O) groups excluding carboxylic acids is 1.